The minimum atomic E-state index is -0.492. The number of carbonyl (C=O) groups is 4. The summed E-state index contributed by atoms with van der Waals surface area (Å²) in [6.45, 7) is 16.1. The Hall–Kier alpha value is -6.28. The molecule has 0 aliphatic carbocycles. The van der Waals surface area contributed by atoms with Crippen molar-refractivity contribution < 1.29 is 38.1 Å². The quantitative estimate of drug-likeness (QED) is 0.0241. The molecule has 0 atom stereocenters. The molecule has 0 N–H and O–H groups in total. The number of esters is 4. The van der Waals surface area contributed by atoms with E-state index >= 15 is 0 Å². The van der Waals surface area contributed by atoms with Crippen LogP contribution in [0.4, 0.5) is 0 Å². The lowest BCUT2D eigenvalue weighted by molar-refractivity contribution is 0.0479. The van der Waals surface area contributed by atoms with Gasteiger partial charge in [-0.2, -0.15) is 0 Å². The summed E-state index contributed by atoms with van der Waals surface area (Å²) in [5.41, 5.74) is 6.33. The highest BCUT2D eigenvalue weighted by Crippen LogP contribution is 2.28. The molecule has 4 rings (SSSR count). The second-order valence-electron chi connectivity index (χ2n) is 14.9. The first-order valence-corrected chi connectivity index (χ1v) is 21.4. The largest absolute Gasteiger partial charge is 0.462 e. The van der Waals surface area contributed by atoms with Crippen LogP contribution >= 0.6 is 0 Å². The lowest BCUT2D eigenvalue weighted by Crippen LogP contribution is -2.11. The van der Waals surface area contributed by atoms with E-state index in [0.717, 1.165) is 99.3 Å². The van der Waals surface area contributed by atoms with Crippen molar-refractivity contribution in [2.24, 2.45) is 0 Å². The van der Waals surface area contributed by atoms with Crippen LogP contribution in [0.15, 0.2) is 136 Å². The van der Waals surface area contributed by atoms with Crippen LogP contribution in [-0.4, -0.2) is 50.3 Å². The van der Waals surface area contributed by atoms with E-state index in [4.69, 9.17) is 18.9 Å². The van der Waals surface area contributed by atoms with Gasteiger partial charge in [0.15, 0.2) is 0 Å². The molecule has 61 heavy (non-hydrogen) atoms. The molecule has 0 saturated carbocycles. The highest BCUT2D eigenvalue weighted by atomic mass is 16.5. The van der Waals surface area contributed by atoms with Gasteiger partial charge in [0.2, 0.25) is 0 Å². The summed E-state index contributed by atoms with van der Waals surface area (Å²) in [6, 6.07) is 26.0. The van der Waals surface area contributed by atoms with E-state index < -0.39 is 23.9 Å². The van der Waals surface area contributed by atoms with Crippen LogP contribution in [0.1, 0.15) is 130 Å². The number of rotatable bonds is 28. The average Bonchev–Trinajstić information content (AvgIpc) is 3.28. The summed E-state index contributed by atoms with van der Waals surface area (Å²) in [5.74, 6) is -1.97. The zero-order valence-corrected chi connectivity index (χ0v) is 35.5. The summed E-state index contributed by atoms with van der Waals surface area (Å²) in [7, 11) is 0. The van der Waals surface area contributed by atoms with E-state index in [1.807, 2.05) is 72.8 Å². The van der Waals surface area contributed by atoms with E-state index in [-0.39, 0.29) is 48.7 Å². The number of hydrogen-bond donors (Lipinski definition) is 0. The fourth-order valence-electron chi connectivity index (χ4n) is 6.48. The van der Waals surface area contributed by atoms with Crippen LogP contribution in [0.3, 0.4) is 0 Å². The molecule has 0 spiro atoms. The monoisotopic (exact) mass is 824 g/mol. The second kappa shape index (κ2) is 26.7. The maximum absolute atomic E-state index is 13.1. The van der Waals surface area contributed by atoms with Crippen molar-refractivity contribution in [2.45, 2.75) is 83.5 Å². The number of ether oxygens (including phenoxy) is 4. The molecule has 0 amide bonds. The van der Waals surface area contributed by atoms with E-state index in [1.165, 1.54) is 12.1 Å². The number of carbonyl (C=O) groups excluding carboxylic acids is 4. The molecule has 0 fully saturated rings. The fourth-order valence-corrected chi connectivity index (χ4v) is 6.48. The fraction of sp³-hybridized carbons (Fsp3) is 0.321. The Morgan fingerprint density at radius 3 is 0.869 bits per heavy atom. The van der Waals surface area contributed by atoms with Gasteiger partial charge >= 0.3 is 23.9 Å². The van der Waals surface area contributed by atoms with Gasteiger partial charge in [-0.05, 0) is 153 Å². The summed E-state index contributed by atoms with van der Waals surface area (Å²) in [5, 5.41) is 0. The van der Waals surface area contributed by atoms with Crippen molar-refractivity contribution in [1.82, 2.24) is 0 Å². The van der Waals surface area contributed by atoms with Gasteiger partial charge in [-0.1, -0.05) is 72.8 Å². The lowest BCUT2D eigenvalue weighted by atomic mass is 9.96. The first-order chi connectivity index (χ1) is 29.8. The first kappa shape index (κ1) is 47.4. The van der Waals surface area contributed by atoms with Crippen LogP contribution in [-0.2, 0) is 25.4 Å². The molecule has 0 bridgehead atoms. The van der Waals surface area contributed by atoms with Crippen molar-refractivity contribution in [2.75, 3.05) is 26.4 Å². The highest BCUT2D eigenvalue weighted by Gasteiger charge is 2.18. The van der Waals surface area contributed by atoms with Gasteiger partial charge in [-0.15, -0.1) is 26.3 Å². The molecule has 0 saturated heterocycles. The summed E-state index contributed by atoms with van der Waals surface area (Å²) in [4.78, 5) is 52.5. The average molecular weight is 825 g/mol. The second-order valence-corrected chi connectivity index (χ2v) is 14.9. The summed E-state index contributed by atoms with van der Waals surface area (Å²) >= 11 is 0. The van der Waals surface area contributed by atoms with E-state index in [1.54, 1.807) is 24.3 Å². The third kappa shape index (κ3) is 16.4. The number of hydrogen-bond acceptors (Lipinski definition) is 8. The van der Waals surface area contributed by atoms with Crippen LogP contribution in [0.25, 0.3) is 22.3 Å². The third-order valence-corrected chi connectivity index (χ3v) is 9.93. The van der Waals surface area contributed by atoms with Crippen LogP contribution < -0.4 is 0 Å². The number of allylic oxidation sites excluding steroid dienone is 4. The van der Waals surface area contributed by atoms with Crippen molar-refractivity contribution in [3.8, 4) is 22.3 Å². The SMILES string of the molecule is C=CCCCCOC(=O)c1cc(C(=O)OCCCCC=C)cc(-c2ccc(Cc3ccc(-c4cc(C(=O)OCCCCC=C)cc(C(=O)OCCCCC=C)c4)cc3)cc2)c1. The third-order valence-electron chi connectivity index (χ3n) is 9.93. The Kier molecular flexibility index (Phi) is 20.8. The maximum atomic E-state index is 13.1. The predicted molar refractivity (Wildman–Crippen MR) is 244 cm³/mol. The Balaban J connectivity index is 1.50. The molecule has 0 unspecified atom stereocenters. The molecular weight excluding hydrogens is 765 g/mol. The van der Waals surface area contributed by atoms with Gasteiger partial charge in [0.25, 0.3) is 0 Å². The molecule has 8 nitrogen and oxygen atoms in total. The number of unbranched alkanes of at least 4 members (excludes halogenated alkanes) is 8. The minimum absolute atomic E-state index is 0.278. The Morgan fingerprint density at radius 2 is 0.623 bits per heavy atom. The molecule has 0 radical (unpaired) electrons. The van der Waals surface area contributed by atoms with Gasteiger partial charge in [0.05, 0.1) is 48.7 Å². The van der Waals surface area contributed by atoms with Crippen molar-refractivity contribution >= 4 is 23.9 Å². The van der Waals surface area contributed by atoms with Gasteiger partial charge < -0.3 is 18.9 Å². The molecule has 4 aromatic rings. The van der Waals surface area contributed by atoms with Gasteiger partial charge in [-0.25, -0.2) is 19.2 Å². The van der Waals surface area contributed by atoms with Crippen LogP contribution in [0, 0.1) is 0 Å². The lowest BCUT2D eigenvalue weighted by Gasteiger charge is -2.12. The molecule has 0 heterocycles. The molecule has 0 aliphatic heterocycles. The Bertz CT molecular complexity index is 1830. The van der Waals surface area contributed by atoms with E-state index in [2.05, 4.69) is 26.3 Å². The minimum Gasteiger partial charge on any atom is -0.462 e. The van der Waals surface area contributed by atoms with Gasteiger partial charge in [-0.3, -0.25) is 0 Å². The summed E-state index contributed by atoms with van der Waals surface area (Å²) < 4.78 is 22.2. The molecule has 320 valence electrons. The maximum Gasteiger partial charge on any atom is 0.338 e. The number of benzene rings is 4. The zero-order valence-electron chi connectivity index (χ0n) is 35.5. The Morgan fingerprint density at radius 1 is 0.361 bits per heavy atom. The zero-order chi connectivity index (χ0) is 43.7. The predicted octanol–water partition coefficient (Wildman–Crippen LogP) is 12.7. The first-order valence-electron chi connectivity index (χ1n) is 21.4. The smallest absolute Gasteiger partial charge is 0.338 e. The van der Waals surface area contributed by atoms with Gasteiger partial charge in [0, 0.05) is 0 Å². The molecule has 0 aromatic heterocycles. The molecule has 0 aliphatic rings. The van der Waals surface area contributed by atoms with Crippen LogP contribution in [0.5, 0.6) is 0 Å². The van der Waals surface area contributed by atoms with Crippen molar-refractivity contribution in [1.29, 1.82) is 0 Å². The van der Waals surface area contributed by atoms with Gasteiger partial charge in [0.1, 0.15) is 0 Å². The highest BCUT2D eigenvalue weighted by molar-refractivity contribution is 5.98. The topological polar surface area (TPSA) is 105 Å². The molecule has 4 aromatic carbocycles. The van der Waals surface area contributed by atoms with E-state index in [0.29, 0.717) is 17.5 Å². The van der Waals surface area contributed by atoms with E-state index in [9.17, 15) is 19.2 Å². The molecular formula is C53H60O8. The van der Waals surface area contributed by atoms with Crippen LogP contribution in [0.2, 0.25) is 0 Å². The van der Waals surface area contributed by atoms with Crippen molar-refractivity contribution in [3.05, 3.63) is 169 Å². The normalized spacial score (nSPS) is 10.6. The Labute approximate surface area is 362 Å². The van der Waals surface area contributed by atoms with Crippen molar-refractivity contribution in [3.63, 3.8) is 0 Å². The molecule has 8 heteroatoms. The summed E-state index contributed by atoms with van der Waals surface area (Å²) in [6.07, 6.45) is 17.7. The standard InChI is InChI=1S/C53H60O8/c1-5-9-13-17-29-58-50(54)46-34-44(35-47(38-46)51(55)59-30-18-14-10-6-2)42-25-21-40(22-26-42)33-41-23-27-43(28-24-41)45-36-48(52(56)60-31-19-15-11-7-3)39-49(37-45)53(57)61-32-20-16-12-8-4/h5-8,21-28,34-39H,1-4,9-20,29-33H2.